The summed E-state index contributed by atoms with van der Waals surface area (Å²) in [6.45, 7) is 8.81. The van der Waals surface area contributed by atoms with Crippen molar-refractivity contribution in [1.82, 2.24) is 0 Å². The van der Waals surface area contributed by atoms with E-state index in [4.69, 9.17) is 0 Å². The minimum Gasteiger partial charge on any atom is -0.300 e. The van der Waals surface area contributed by atoms with Gasteiger partial charge in [0, 0.05) is 41.0 Å². The van der Waals surface area contributed by atoms with E-state index in [1.165, 1.54) is 25.1 Å². The number of allylic oxidation sites excluding steroid dienone is 5. The SMILES string of the molecule is CC(C)=O.CCC1=CC=CC2CC1=NC=C2C#Cc1cc(C(C)=O)ccc1C. The maximum Gasteiger partial charge on any atom is 0.159 e. The van der Waals surface area contributed by atoms with Crippen molar-refractivity contribution >= 4 is 17.3 Å². The summed E-state index contributed by atoms with van der Waals surface area (Å²) < 4.78 is 0. The van der Waals surface area contributed by atoms with Crippen LogP contribution in [0.2, 0.25) is 0 Å². The van der Waals surface area contributed by atoms with Gasteiger partial charge in [-0.2, -0.15) is 0 Å². The van der Waals surface area contributed by atoms with Gasteiger partial charge in [0.2, 0.25) is 0 Å². The Morgan fingerprint density at radius 1 is 1.18 bits per heavy atom. The highest BCUT2D eigenvalue weighted by Crippen LogP contribution is 2.28. The Hall–Kier alpha value is -2.99. The molecule has 0 saturated carbocycles. The molecule has 1 heterocycles. The Labute approximate surface area is 168 Å². The van der Waals surface area contributed by atoms with Gasteiger partial charge in [0.25, 0.3) is 0 Å². The Balaban J connectivity index is 0.000000640. The van der Waals surface area contributed by atoms with Crippen molar-refractivity contribution in [2.75, 3.05) is 0 Å². The molecule has 28 heavy (non-hydrogen) atoms. The van der Waals surface area contributed by atoms with Crippen LogP contribution in [0, 0.1) is 24.7 Å². The van der Waals surface area contributed by atoms with Crippen LogP contribution < -0.4 is 0 Å². The molecular weight excluding hydrogens is 346 g/mol. The molecule has 2 bridgehead atoms. The minimum atomic E-state index is 0.0639. The lowest BCUT2D eigenvalue weighted by atomic mass is 9.90. The zero-order chi connectivity index (χ0) is 20.7. The van der Waals surface area contributed by atoms with E-state index < -0.39 is 0 Å². The molecule has 1 aliphatic carbocycles. The number of hydrogen-bond acceptors (Lipinski definition) is 3. The van der Waals surface area contributed by atoms with Crippen LogP contribution in [-0.4, -0.2) is 17.3 Å². The smallest absolute Gasteiger partial charge is 0.159 e. The molecule has 3 nitrogen and oxygen atoms in total. The van der Waals surface area contributed by atoms with Gasteiger partial charge in [-0.15, -0.1) is 0 Å². The van der Waals surface area contributed by atoms with Gasteiger partial charge >= 0.3 is 0 Å². The number of nitrogens with zero attached hydrogens (tertiary/aromatic N) is 1. The number of carbonyl (C=O) groups excluding carboxylic acids is 2. The summed E-state index contributed by atoms with van der Waals surface area (Å²) in [7, 11) is 0. The molecule has 1 aromatic carbocycles. The molecular formula is C25H27NO2. The van der Waals surface area contributed by atoms with Gasteiger partial charge in [-0.1, -0.05) is 49.1 Å². The van der Waals surface area contributed by atoms with Gasteiger partial charge in [-0.25, -0.2) is 0 Å². The second kappa shape index (κ2) is 9.80. The van der Waals surface area contributed by atoms with E-state index in [0.717, 1.165) is 29.5 Å². The van der Waals surface area contributed by atoms with Crippen molar-refractivity contribution in [1.29, 1.82) is 0 Å². The molecule has 0 saturated heterocycles. The molecule has 0 amide bonds. The van der Waals surface area contributed by atoms with Crippen LogP contribution in [-0.2, 0) is 4.79 Å². The van der Waals surface area contributed by atoms with Gasteiger partial charge < -0.3 is 4.79 Å². The first-order valence-electron chi connectivity index (χ1n) is 9.57. The summed E-state index contributed by atoms with van der Waals surface area (Å²) in [4.78, 5) is 25.6. The maximum absolute atomic E-state index is 11.6. The number of hydrogen-bond donors (Lipinski definition) is 0. The largest absolute Gasteiger partial charge is 0.300 e. The molecule has 0 radical (unpaired) electrons. The van der Waals surface area contributed by atoms with Crippen LogP contribution >= 0.6 is 0 Å². The number of rotatable bonds is 2. The number of carbonyl (C=O) groups is 2. The summed E-state index contributed by atoms with van der Waals surface area (Å²) in [6, 6.07) is 5.68. The number of benzene rings is 1. The predicted molar refractivity (Wildman–Crippen MR) is 116 cm³/mol. The highest BCUT2D eigenvalue weighted by atomic mass is 16.1. The average molecular weight is 373 g/mol. The average Bonchev–Trinajstić information content (AvgIpc) is 2.80. The number of aryl methyl sites for hydroxylation is 1. The molecule has 2 aliphatic rings. The van der Waals surface area contributed by atoms with Gasteiger partial charge in [-0.05, 0) is 51.3 Å². The van der Waals surface area contributed by atoms with Crippen molar-refractivity contribution < 1.29 is 9.59 Å². The highest BCUT2D eigenvalue weighted by Gasteiger charge is 2.20. The second-order valence-corrected chi connectivity index (χ2v) is 7.15. The van der Waals surface area contributed by atoms with Gasteiger partial charge in [0.1, 0.15) is 5.78 Å². The summed E-state index contributed by atoms with van der Waals surface area (Å²) in [5.41, 5.74) is 6.21. The fourth-order valence-corrected chi connectivity index (χ4v) is 2.96. The highest BCUT2D eigenvalue weighted by molar-refractivity contribution is 6.02. The Morgan fingerprint density at radius 3 is 2.54 bits per heavy atom. The van der Waals surface area contributed by atoms with Crippen LogP contribution in [0.1, 0.15) is 62.0 Å². The molecule has 144 valence electrons. The van der Waals surface area contributed by atoms with Gasteiger partial charge in [-0.3, -0.25) is 9.79 Å². The van der Waals surface area contributed by atoms with Crippen LogP contribution in [0.3, 0.4) is 0 Å². The van der Waals surface area contributed by atoms with E-state index in [0.29, 0.717) is 11.5 Å². The van der Waals surface area contributed by atoms with Crippen LogP contribution in [0.25, 0.3) is 0 Å². The second-order valence-electron chi connectivity index (χ2n) is 7.15. The molecule has 0 N–H and O–H groups in total. The topological polar surface area (TPSA) is 46.5 Å². The molecule has 3 heteroatoms. The lowest BCUT2D eigenvalue weighted by Gasteiger charge is -2.17. The molecule has 0 fully saturated rings. The van der Waals surface area contributed by atoms with Crippen molar-refractivity contribution in [2.24, 2.45) is 10.9 Å². The van der Waals surface area contributed by atoms with E-state index in [2.05, 4.69) is 42.0 Å². The van der Waals surface area contributed by atoms with Gasteiger partial charge in [0.05, 0.1) is 0 Å². The maximum atomic E-state index is 11.6. The van der Waals surface area contributed by atoms with Crippen LogP contribution in [0.15, 0.2) is 58.8 Å². The van der Waals surface area contributed by atoms with E-state index in [1.807, 2.05) is 31.3 Å². The normalized spacial score (nSPS) is 16.9. The molecule has 1 aromatic rings. The third-order valence-electron chi connectivity index (χ3n) is 4.55. The van der Waals surface area contributed by atoms with E-state index in [1.54, 1.807) is 6.92 Å². The van der Waals surface area contributed by atoms with Crippen LogP contribution in [0.5, 0.6) is 0 Å². The summed E-state index contributed by atoms with van der Waals surface area (Å²) in [6.07, 6.45) is 10.3. The molecule has 1 unspecified atom stereocenters. The fourth-order valence-electron chi connectivity index (χ4n) is 2.96. The zero-order valence-electron chi connectivity index (χ0n) is 17.3. The Kier molecular flexibility index (Phi) is 7.46. The monoisotopic (exact) mass is 373 g/mol. The first kappa shape index (κ1) is 21.3. The Morgan fingerprint density at radius 2 is 1.89 bits per heavy atom. The van der Waals surface area contributed by atoms with E-state index in [9.17, 15) is 9.59 Å². The van der Waals surface area contributed by atoms with Crippen molar-refractivity contribution in [3.63, 3.8) is 0 Å². The molecule has 3 rings (SSSR count). The Bertz CT molecular complexity index is 958. The third-order valence-corrected chi connectivity index (χ3v) is 4.55. The first-order valence-corrected chi connectivity index (χ1v) is 9.57. The number of ketones is 2. The third kappa shape index (κ3) is 5.76. The number of Topliss-reactive ketones (excluding diaryl/α,β-unsaturated/α-hetero) is 2. The first-order chi connectivity index (χ1) is 13.3. The summed E-state index contributed by atoms with van der Waals surface area (Å²) in [5.74, 6) is 7.04. The zero-order valence-corrected chi connectivity index (χ0v) is 17.3. The predicted octanol–water partition coefficient (Wildman–Crippen LogP) is 5.40. The molecule has 0 spiro atoms. The summed E-state index contributed by atoms with van der Waals surface area (Å²) in [5, 5.41) is 0. The van der Waals surface area contributed by atoms with Crippen molar-refractivity contribution in [3.05, 3.63) is 70.5 Å². The number of fused-ring (bicyclic) bond motifs is 2. The number of aliphatic imine (C=N–C) groups is 1. The van der Waals surface area contributed by atoms with E-state index >= 15 is 0 Å². The van der Waals surface area contributed by atoms with Gasteiger partial charge in [0.15, 0.2) is 5.78 Å². The van der Waals surface area contributed by atoms with E-state index in [-0.39, 0.29) is 11.6 Å². The lowest BCUT2D eigenvalue weighted by Crippen LogP contribution is -2.13. The quantitative estimate of drug-likeness (QED) is 0.515. The van der Waals surface area contributed by atoms with Crippen LogP contribution in [0.4, 0.5) is 0 Å². The summed E-state index contributed by atoms with van der Waals surface area (Å²) >= 11 is 0. The molecule has 0 aromatic heterocycles. The van der Waals surface area contributed by atoms with Crippen molar-refractivity contribution in [3.8, 4) is 11.8 Å². The molecule has 1 aliphatic heterocycles. The minimum absolute atomic E-state index is 0.0639. The molecule has 1 atom stereocenters. The fraction of sp³-hybridized carbons (Fsp3) is 0.320. The standard InChI is InChI=1S/C22H21NO.C3H6O/c1-4-17-6-5-7-20-13-22(17)23-14-21(20)11-10-18-12-19(16(3)24)9-8-15(18)2;1-3(2)4/h5-9,12,14,20H,4,13H2,1-3H3;1-2H3. The van der Waals surface area contributed by atoms with Crippen molar-refractivity contribution in [2.45, 2.75) is 47.5 Å². The lowest BCUT2D eigenvalue weighted by molar-refractivity contribution is -0.115.